The molecular formula is C16H13F4N3O4. The molecule has 2 aromatic rings. The molecule has 0 aliphatic carbocycles. The Morgan fingerprint density at radius 3 is 2.37 bits per heavy atom. The first-order valence-electron chi connectivity index (χ1n) is 7.64. The SMILES string of the molecule is CC(C)Oc1nccnc1C(=O)Nc1cc2c(cc1O)C(F)(F)OC2(F)F. The Kier molecular flexibility index (Phi) is 4.42. The van der Waals surface area contributed by atoms with Gasteiger partial charge in [-0.05, 0) is 26.0 Å². The van der Waals surface area contributed by atoms with Crippen molar-refractivity contribution in [2.45, 2.75) is 32.2 Å². The van der Waals surface area contributed by atoms with E-state index in [1.807, 2.05) is 0 Å². The van der Waals surface area contributed by atoms with Crippen LogP contribution in [0.3, 0.4) is 0 Å². The molecule has 0 saturated carbocycles. The number of carbonyl (C=O) groups is 1. The van der Waals surface area contributed by atoms with E-state index in [1.54, 1.807) is 13.8 Å². The Labute approximate surface area is 150 Å². The van der Waals surface area contributed by atoms with Gasteiger partial charge < -0.3 is 15.2 Å². The van der Waals surface area contributed by atoms with E-state index in [4.69, 9.17) is 4.74 Å². The van der Waals surface area contributed by atoms with Crippen LogP contribution in [0.15, 0.2) is 24.5 Å². The number of anilines is 1. The van der Waals surface area contributed by atoms with Crippen molar-refractivity contribution in [3.8, 4) is 11.6 Å². The number of hydrogen-bond acceptors (Lipinski definition) is 6. The summed E-state index contributed by atoms with van der Waals surface area (Å²) in [7, 11) is 0. The maximum Gasteiger partial charge on any atom is 0.388 e. The Balaban J connectivity index is 1.95. The van der Waals surface area contributed by atoms with Gasteiger partial charge in [0.15, 0.2) is 5.69 Å². The lowest BCUT2D eigenvalue weighted by molar-refractivity contribution is -0.369. The Morgan fingerprint density at radius 2 is 1.74 bits per heavy atom. The molecule has 0 atom stereocenters. The molecule has 0 fully saturated rings. The fourth-order valence-electron chi connectivity index (χ4n) is 2.41. The summed E-state index contributed by atoms with van der Waals surface area (Å²) in [5.41, 5.74) is -3.16. The van der Waals surface area contributed by atoms with Crippen molar-refractivity contribution in [1.29, 1.82) is 0 Å². The first-order valence-corrected chi connectivity index (χ1v) is 7.64. The number of phenolic OH excluding ortho intramolecular Hbond substituents is 1. The van der Waals surface area contributed by atoms with E-state index >= 15 is 0 Å². The highest BCUT2D eigenvalue weighted by Gasteiger charge is 2.57. The minimum Gasteiger partial charge on any atom is -0.506 e. The quantitative estimate of drug-likeness (QED) is 0.617. The number of phenols is 1. The molecule has 0 unspecified atom stereocenters. The third-order valence-corrected chi connectivity index (χ3v) is 3.49. The van der Waals surface area contributed by atoms with Gasteiger partial charge in [-0.3, -0.25) is 4.79 Å². The van der Waals surface area contributed by atoms with Crippen LogP contribution < -0.4 is 10.1 Å². The van der Waals surface area contributed by atoms with Crippen LogP contribution in [-0.2, 0) is 17.0 Å². The lowest BCUT2D eigenvalue weighted by Crippen LogP contribution is -2.19. The average molecular weight is 387 g/mol. The zero-order chi connectivity index (χ0) is 20.0. The number of hydrogen-bond donors (Lipinski definition) is 2. The number of halogens is 4. The van der Waals surface area contributed by atoms with Crippen LogP contribution in [0.4, 0.5) is 23.2 Å². The van der Waals surface area contributed by atoms with Gasteiger partial charge in [-0.1, -0.05) is 0 Å². The molecule has 0 spiro atoms. The molecule has 11 heteroatoms. The molecule has 1 aromatic heterocycles. The van der Waals surface area contributed by atoms with Gasteiger partial charge in [0.2, 0.25) is 5.88 Å². The van der Waals surface area contributed by atoms with Crippen molar-refractivity contribution >= 4 is 11.6 Å². The molecule has 0 saturated heterocycles. The van der Waals surface area contributed by atoms with Crippen LogP contribution in [0.2, 0.25) is 0 Å². The summed E-state index contributed by atoms with van der Waals surface area (Å²) in [4.78, 5) is 20.1. The number of fused-ring (bicyclic) bond motifs is 1. The van der Waals surface area contributed by atoms with Crippen molar-refractivity contribution in [2.24, 2.45) is 0 Å². The number of carbonyl (C=O) groups excluding carboxylic acids is 1. The van der Waals surface area contributed by atoms with Gasteiger partial charge in [0.05, 0.1) is 22.9 Å². The van der Waals surface area contributed by atoms with Gasteiger partial charge in [0.25, 0.3) is 5.91 Å². The molecule has 1 aromatic carbocycles. The maximum absolute atomic E-state index is 13.7. The van der Waals surface area contributed by atoms with E-state index in [9.17, 15) is 27.5 Å². The fourth-order valence-corrected chi connectivity index (χ4v) is 2.41. The molecular weight excluding hydrogens is 374 g/mol. The second kappa shape index (κ2) is 6.34. The molecule has 1 amide bonds. The predicted molar refractivity (Wildman–Crippen MR) is 82.7 cm³/mol. The Bertz CT molecular complexity index is 905. The molecule has 1 aliphatic rings. The number of nitrogens with one attached hydrogen (secondary N) is 1. The van der Waals surface area contributed by atoms with Gasteiger partial charge in [-0.15, -0.1) is 0 Å². The van der Waals surface area contributed by atoms with E-state index in [1.165, 1.54) is 12.4 Å². The second-order valence-corrected chi connectivity index (χ2v) is 5.88. The predicted octanol–water partition coefficient (Wildman–Crippen LogP) is 3.35. The number of ether oxygens (including phenoxy) is 2. The van der Waals surface area contributed by atoms with Crippen LogP contribution in [0.5, 0.6) is 11.6 Å². The number of alkyl halides is 4. The monoisotopic (exact) mass is 387 g/mol. The molecule has 2 N–H and O–H groups in total. The number of rotatable bonds is 4. The van der Waals surface area contributed by atoms with Crippen LogP contribution >= 0.6 is 0 Å². The minimum absolute atomic E-state index is 0.120. The number of aromatic hydroxyl groups is 1. The van der Waals surface area contributed by atoms with Crippen molar-refractivity contribution in [2.75, 3.05) is 5.32 Å². The van der Waals surface area contributed by atoms with Gasteiger partial charge in [-0.2, -0.15) is 17.6 Å². The normalized spacial score (nSPS) is 16.9. The highest BCUT2D eigenvalue weighted by molar-refractivity contribution is 6.05. The molecule has 144 valence electrons. The van der Waals surface area contributed by atoms with Crippen molar-refractivity contribution in [1.82, 2.24) is 9.97 Å². The highest BCUT2D eigenvalue weighted by Crippen LogP contribution is 2.53. The van der Waals surface area contributed by atoms with E-state index in [0.29, 0.717) is 12.1 Å². The summed E-state index contributed by atoms with van der Waals surface area (Å²) in [5.74, 6) is -1.91. The number of benzene rings is 1. The number of amides is 1. The van der Waals surface area contributed by atoms with Crippen molar-refractivity contribution in [3.05, 3.63) is 41.3 Å². The van der Waals surface area contributed by atoms with E-state index in [0.717, 1.165) is 0 Å². The van der Waals surface area contributed by atoms with E-state index in [-0.39, 0.29) is 17.7 Å². The largest absolute Gasteiger partial charge is 0.506 e. The first-order chi connectivity index (χ1) is 12.5. The minimum atomic E-state index is -4.29. The topological polar surface area (TPSA) is 93.6 Å². The molecule has 3 rings (SSSR count). The van der Waals surface area contributed by atoms with Gasteiger partial charge in [0, 0.05) is 12.4 Å². The third-order valence-electron chi connectivity index (χ3n) is 3.49. The van der Waals surface area contributed by atoms with Crippen molar-refractivity contribution in [3.63, 3.8) is 0 Å². The number of nitrogens with zero attached hydrogens (tertiary/aromatic N) is 2. The highest BCUT2D eigenvalue weighted by atomic mass is 19.3. The maximum atomic E-state index is 13.7. The Hall–Kier alpha value is -2.95. The van der Waals surface area contributed by atoms with Gasteiger partial charge in [0.1, 0.15) is 5.75 Å². The van der Waals surface area contributed by atoms with Gasteiger partial charge in [-0.25, -0.2) is 14.7 Å². The smallest absolute Gasteiger partial charge is 0.388 e. The summed E-state index contributed by atoms with van der Waals surface area (Å²) < 4.78 is 63.1. The van der Waals surface area contributed by atoms with Crippen LogP contribution in [0.25, 0.3) is 0 Å². The summed E-state index contributed by atoms with van der Waals surface area (Å²) in [5, 5.41) is 12.0. The summed E-state index contributed by atoms with van der Waals surface area (Å²) in [6, 6.07) is 0.927. The lowest BCUT2D eigenvalue weighted by atomic mass is 10.1. The third kappa shape index (κ3) is 3.50. The zero-order valence-electron chi connectivity index (χ0n) is 14.0. The standard InChI is InChI=1S/C16H13F4N3O4/c1-7(2)26-14-12(21-3-4-22-14)13(25)23-10-5-8-9(6-11(10)24)16(19,20)27-15(8,17)18/h3-7,24H,1-2H3,(H,23,25). The fraction of sp³-hybridized carbons (Fsp3) is 0.312. The molecule has 0 radical (unpaired) electrons. The zero-order valence-corrected chi connectivity index (χ0v) is 14.0. The summed E-state index contributed by atoms with van der Waals surface area (Å²) >= 11 is 0. The van der Waals surface area contributed by atoms with Crippen LogP contribution in [0, 0.1) is 0 Å². The average Bonchev–Trinajstić information content (AvgIpc) is 2.72. The number of aromatic nitrogens is 2. The Morgan fingerprint density at radius 1 is 1.15 bits per heavy atom. The molecule has 27 heavy (non-hydrogen) atoms. The van der Waals surface area contributed by atoms with Gasteiger partial charge >= 0.3 is 12.2 Å². The summed E-state index contributed by atoms with van der Waals surface area (Å²) in [6.07, 6.45) is -6.42. The van der Waals surface area contributed by atoms with Crippen LogP contribution in [0.1, 0.15) is 35.5 Å². The molecule has 7 nitrogen and oxygen atoms in total. The van der Waals surface area contributed by atoms with Crippen molar-refractivity contribution < 1.29 is 36.9 Å². The molecule has 1 aliphatic heterocycles. The molecule has 2 heterocycles. The second-order valence-electron chi connectivity index (χ2n) is 5.88. The van der Waals surface area contributed by atoms with E-state index in [2.05, 4.69) is 20.0 Å². The molecule has 0 bridgehead atoms. The first kappa shape index (κ1) is 18.8. The summed E-state index contributed by atoms with van der Waals surface area (Å²) in [6.45, 7) is 3.37. The van der Waals surface area contributed by atoms with Crippen LogP contribution in [-0.4, -0.2) is 27.1 Å². The van der Waals surface area contributed by atoms with E-state index < -0.39 is 40.7 Å². The lowest BCUT2D eigenvalue weighted by Gasteiger charge is -2.13.